The van der Waals surface area contributed by atoms with Crippen LogP contribution in [0.5, 0.6) is 0 Å². The molecule has 3 unspecified atom stereocenters. The summed E-state index contributed by atoms with van der Waals surface area (Å²) in [5.41, 5.74) is -1.49. The molecule has 4 saturated carbocycles. The molecule has 0 aromatic rings. The Labute approximate surface area is 495 Å². The lowest BCUT2D eigenvalue weighted by molar-refractivity contribution is -0.439. The Balaban J connectivity index is 1.87. The van der Waals surface area contributed by atoms with Crippen molar-refractivity contribution in [2.75, 3.05) is 54.3 Å². The van der Waals surface area contributed by atoms with Crippen molar-refractivity contribution in [3.8, 4) is 0 Å². The van der Waals surface area contributed by atoms with E-state index in [1.54, 1.807) is 0 Å². The number of carbonyl (C=O) groups excluding carboxylic acids is 8. The summed E-state index contributed by atoms with van der Waals surface area (Å²) in [6, 6.07) is 0. The van der Waals surface area contributed by atoms with Gasteiger partial charge in [-0.2, -0.15) is 0 Å². The van der Waals surface area contributed by atoms with Crippen molar-refractivity contribution in [2.45, 2.75) is 182 Å². The zero-order valence-electron chi connectivity index (χ0n) is 49.2. The van der Waals surface area contributed by atoms with Gasteiger partial charge in [0.25, 0.3) is 0 Å². The van der Waals surface area contributed by atoms with E-state index in [1.807, 2.05) is 13.8 Å². The molecule has 0 amide bonds. The first kappa shape index (κ1) is 72.9. The highest BCUT2D eigenvalue weighted by atomic mass is 31.2. The number of ether oxygens (including phenoxy) is 10. The summed E-state index contributed by atoms with van der Waals surface area (Å²) in [6.45, 7) is 4.92. The van der Waals surface area contributed by atoms with E-state index >= 15 is 18.3 Å². The zero-order chi connectivity index (χ0) is 63.7. The number of phosphoric acid groups is 4. The Morgan fingerprint density at radius 3 is 0.814 bits per heavy atom. The first-order valence-electron chi connectivity index (χ1n) is 27.6. The van der Waals surface area contributed by atoms with Crippen LogP contribution in [0.15, 0.2) is 0 Å². The maximum Gasteiger partial charge on any atom is 0.481 e. The predicted molar refractivity (Wildman–Crippen MR) is 278 cm³/mol. The van der Waals surface area contributed by atoms with Crippen molar-refractivity contribution >= 4 is 79.0 Å². The number of hydrogen-bond acceptors (Lipinski definition) is 34. The van der Waals surface area contributed by atoms with Crippen molar-refractivity contribution in [2.24, 2.45) is 22.7 Å². The normalized spacial score (nSPS) is 27.3. The van der Waals surface area contributed by atoms with Crippen LogP contribution >= 0.6 is 31.3 Å². The molecule has 1 spiro atoms. The lowest BCUT2D eigenvalue weighted by Crippen LogP contribution is -2.80. The van der Waals surface area contributed by atoms with Crippen LogP contribution in [0.2, 0.25) is 0 Å². The van der Waals surface area contributed by atoms with Gasteiger partial charge < -0.3 is 47.4 Å². The monoisotopic (exact) mass is 1320 g/mol. The predicted octanol–water partition coefficient (Wildman–Crippen LogP) is 7.33. The van der Waals surface area contributed by atoms with Gasteiger partial charge in [-0.05, 0) is 30.6 Å². The number of fused-ring (bicyclic) bond motifs is 3. The summed E-state index contributed by atoms with van der Waals surface area (Å²) in [4.78, 5) is 99.7. The van der Waals surface area contributed by atoms with E-state index in [9.17, 15) is 38.4 Å². The highest BCUT2D eigenvalue weighted by molar-refractivity contribution is 7.49. The SMILES string of the molecule is CCC(=O)OCOP(=O)(OCOC(=O)CC)O[C@H]1[C@H](OP(=O)(OCOC(=O)CC)OCOC(=O)CC)[C@@H](OP(=O)(OCOC(=O)CC)OCOC(=O)CC)[C@H]2OC3(O[C@H]2[C@H]1OP(=O)(OCOC(=O)CC)OCOC(=O)CC)C1C[C@H]2CC[C@@]3(C)C12C. The number of esters is 8. The van der Waals surface area contributed by atoms with Gasteiger partial charge in [0.05, 0.1) is 0 Å². The van der Waals surface area contributed by atoms with Gasteiger partial charge >= 0.3 is 79.0 Å². The first-order chi connectivity index (χ1) is 40.7. The molecule has 5 fully saturated rings. The second kappa shape index (κ2) is 32.2. The zero-order valence-corrected chi connectivity index (χ0v) is 52.8. The van der Waals surface area contributed by atoms with Gasteiger partial charge in [-0.1, -0.05) is 69.2 Å². The minimum atomic E-state index is -5.76. The van der Waals surface area contributed by atoms with Gasteiger partial charge in [0, 0.05) is 62.7 Å². The third-order valence-electron chi connectivity index (χ3n) is 14.8. The first-order valence-corrected chi connectivity index (χ1v) is 33.4. The van der Waals surface area contributed by atoms with Crippen molar-refractivity contribution < 1.29 is 158 Å². The van der Waals surface area contributed by atoms with Crippen LogP contribution in [0, 0.1) is 22.7 Å². The smallest absolute Gasteiger partial charge is 0.438 e. The van der Waals surface area contributed by atoms with Crippen molar-refractivity contribution in [3.05, 3.63) is 0 Å². The summed E-state index contributed by atoms with van der Waals surface area (Å²) in [6.07, 6.45) is -14.9. The van der Waals surface area contributed by atoms with Crippen LogP contribution in [-0.4, -0.2) is 145 Å². The minimum Gasteiger partial charge on any atom is -0.438 e. The molecule has 11 atom stereocenters. The Morgan fingerprint density at radius 1 is 0.372 bits per heavy atom. The number of carbonyl (C=O) groups is 8. The summed E-state index contributed by atoms with van der Waals surface area (Å²) in [5, 5.41) is 0. The second-order valence-electron chi connectivity index (χ2n) is 19.5. The summed E-state index contributed by atoms with van der Waals surface area (Å²) in [7, 11) is -22.8. The third kappa shape index (κ3) is 17.7. The van der Waals surface area contributed by atoms with Gasteiger partial charge in [0.1, 0.15) is 36.6 Å². The second-order valence-corrected chi connectivity index (χ2v) is 26.0. The average molecular weight is 1320 g/mol. The molecule has 0 N–H and O–H groups in total. The Kier molecular flexibility index (Phi) is 27.3. The molecule has 38 heteroatoms. The quantitative estimate of drug-likeness (QED) is 0.0251. The van der Waals surface area contributed by atoms with Gasteiger partial charge in [-0.3, -0.25) is 56.5 Å². The van der Waals surface area contributed by atoms with Crippen molar-refractivity contribution in [1.29, 1.82) is 0 Å². The molecule has 5 rings (SSSR count). The molecule has 0 aromatic heterocycles. The molecule has 0 bridgehead atoms. The Bertz CT molecular complexity index is 2330. The van der Waals surface area contributed by atoms with Gasteiger partial charge in [-0.25, -0.2) is 54.5 Å². The third-order valence-corrected chi connectivity index (χ3v) is 20.2. The van der Waals surface area contributed by atoms with Crippen LogP contribution in [0.4, 0.5) is 0 Å². The molecule has 5 aliphatic rings. The van der Waals surface area contributed by atoms with Crippen LogP contribution in [0.25, 0.3) is 0 Å². The summed E-state index contributed by atoms with van der Waals surface area (Å²) in [5.74, 6) is -9.65. The number of hydrogen-bond donors (Lipinski definition) is 0. The van der Waals surface area contributed by atoms with E-state index in [0.717, 1.165) is 0 Å². The molecule has 1 heterocycles. The van der Waals surface area contributed by atoms with Crippen LogP contribution < -0.4 is 0 Å². The van der Waals surface area contributed by atoms with Gasteiger partial charge in [0.15, 0.2) is 5.79 Å². The molecule has 0 aromatic carbocycles. The molecule has 4 aliphatic carbocycles. The van der Waals surface area contributed by atoms with Crippen molar-refractivity contribution in [1.82, 2.24) is 0 Å². The van der Waals surface area contributed by atoms with E-state index in [1.165, 1.54) is 55.4 Å². The molecule has 1 saturated heterocycles. The summed E-state index contributed by atoms with van der Waals surface area (Å²) < 4.78 is 185. The minimum absolute atomic E-state index is 0.133. The van der Waals surface area contributed by atoms with E-state index in [-0.39, 0.29) is 57.3 Å². The Hall–Kier alpha value is -3.88. The maximum absolute atomic E-state index is 15.4. The molecule has 86 heavy (non-hydrogen) atoms. The molecular weight excluding hydrogens is 1240 g/mol. The number of phosphoric ester groups is 4. The highest BCUT2D eigenvalue weighted by Crippen LogP contribution is 2.87. The lowest BCUT2D eigenvalue weighted by Gasteiger charge is -2.76. The van der Waals surface area contributed by atoms with Gasteiger partial charge in [0.2, 0.25) is 54.3 Å². The Morgan fingerprint density at radius 2 is 0.593 bits per heavy atom. The fourth-order valence-corrected chi connectivity index (χ4v) is 14.5. The molecular formula is C48H76O34P4. The van der Waals surface area contributed by atoms with E-state index in [4.69, 9.17) is 102 Å². The molecule has 34 nitrogen and oxygen atoms in total. The summed E-state index contributed by atoms with van der Waals surface area (Å²) >= 11 is 0. The van der Waals surface area contributed by atoms with Crippen LogP contribution in [0.1, 0.15) is 140 Å². The standard InChI is InChI=1S/C48H76O34P4/c1-11-32(49)61-22-69-83(57,70-23-62-33(50)12-2)79-42-40-41(78-48(77-40)31-21-30-19-20-46(48,9)47(30,31)10)43(80-84(58,71-24-63-34(51)13-3)72-25-64-35(52)14-4)45(82-86(60,75-28-67-38(55)17-7)76-29-68-39(56)18-8)44(42)81-85(59,73-26-65-36(53)15-5)74-27-66-37(54)16-6/h30-31,40-45H,11-29H2,1-10H3/t30-,31?,40-,41+,42-,43+,44-,45-,46+,47?,48?/m1/s1. The van der Waals surface area contributed by atoms with E-state index < -0.39 is 193 Å². The number of rotatable bonds is 40. The van der Waals surface area contributed by atoms with Gasteiger partial charge in [-0.15, -0.1) is 0 Å². The molecule has 0 radical (unpaired) electrons. The van der Waals surface area contributed by atoms with Crippen LogP contribution in [-0.2, 0) is 158 Å². The fraction of sp³-hybridized carbons (Fsp3) is 0.833. The van der Waals surface area contributed by atoms with Crippen molar-refractivity contribution in [3.63, 3.8) is 0 Å². The maximum atomic E-state index is 15.4. The molecule has 1 aliphatic heterocycles. The van der Waals surface area contributed by atoms with Crippen LogP contribution in [0.3, 0.4) is 0 Å². The lowest BCUT2D eigenvalue weighted by atomic mass is 9.32. The fourth-order valence-electron chi connectivity index (χ4n) is 10.1. The largest absolute Gasteiger partial charge is 0.481 e. The average Bonchev–Trinajstić information content (AvgIpc) is 1.38. The molecule has 492 valence electrons. The van der Waals surface area contributed by atoms with E-state index in [0.29, 0.717) is 19.3 Å². The topological polar surface area (TPSA) is 408 Å². The van der Waals surface area contributed by atoms with E-state index in [2.05, 4.69) is 0 Å². The highest BCUT2D eigenvalue weighted by Gasteiger charge is 2.89.